The van der Waals surface area contributed by atoms with Gasteiger partial charge in [-0.3, -0.25) is 9.89 Å². The highest BCUT2D eigenvalue weighted by molar-refractivity contribution is 7.99. The van der Waals surface area contributed by atoms with Crippen LogP contribution < -0.4 is 5.32 Å². The fraction of sp³-hybridized carbons (Fsp3) is 0.789. The number of carbonyl (C=O) groups is 1. The van der Waals surface area contributed by atoms with Crippen molar-refractivity contribution in [3.05, 3.63) is 17.5 Å². The smallest absolute Gasteiger partial charge is 0.226 e. The summed E-state index contributed by atoms with van der Waals surface area (Å²) in [6, 6.07) is 1.01. The van der Waals surface area contributed by atoms with E-state index in [1.54, 1.807) is 7.11 Å². The van der Waals surface area contributed by atoms with Crippen LogP contribution in [0.15, 0.2) is 6.20 Å². The van der Waals surface area contributed by atoms with E-state index in [0.29, 0.717) is 24.5 Å². The molecular weight excluding hydrogens is 348 g/mol. The van der Waals surface area contributed by atoms with Gasteiger partial charge in [0.1, 0.15) is 0 Å². The molecule has 1 aromatic rings. The van der Waals surface area contributed by atoms with Crippen molar-refractivity contribution in [3.8, 4) is 0 Å². The summed E-state index contributed by atoms with van der Waals surface area (Å²) in [6.45, 7) is 1.49. The summed E-state index contributed by atoms with van der Waals surface area (Å²) in [5.74, 6) is 2.90. The molecular formula is C19H30N4O2S. The van der Waals surface area contributed by atoms with E-state index in [1.165, 1.54) is 35.6 Å². The molecule has 7 heteroatoms. The van der Waals surface area contributed by atoms with Gasteiger partial charge in [-0.1, -0.05) is 0 Å². The highest BCUT2D eigenvalue weighted by atomic mass is 32.2. The van der Waals surface area contributed by atoms with Gasteiger partial charge in [0, 0.05) is 55.9 Å². The molecule has 1 amide bonds. The lowest BCUT2D eigenvalue weighted by molar-refractivity contribution is -0.139. The summed E-state index contributed by atoms with van der Waals surface area (Å²) in [5.41, 5.74) is 2.35. The molecule has 6 nitrogen and oxygen atoms in total. The van der Waals surface area contributed by atoms with Gasteiger partial charge >= 0.3 is 0 Å². The van der Waals surface area contributed by atoms with Gasteiger partial charge in [-0.2, -0.15) is 16.9 Å². The molecule has 144 valence electrons. The Hall–Kier alpha value is -1.05. The predicted molar refractivity (Wildman–Crippen MR) is 103 cm³/mol. The summed E-state index contributed by atoms with van der Waals surface area (Å²) in [7, 11) is 1.79. The molecule has 2 fully saturated rings. The number of thioether (sulfide) groups is 1. The average Bonchev–Trinajstić information content (AvgIpc) is 3.16. The van der Waals surface area contributed by atoms with Crippen LogP contribution in [0, 0.1) is 5.92 Å². The van der Waals surface area contributed by atoms with Crippen LogP contribution in [0.1, 0.15) is 43.4 Å². The first-order valence-corrected chi connectivity index (χ1v) is 11.1. The summed E-state index contributed by atoms with van der Waals surface area (Å²) < 4.78 is 5.80. The first-order chi connectivity index (χ1) is 12.7. The Morgan fingerprint density at radius 2 is 2.19 bits per heavy atom. The minimum absolute atomic E-state index is 0.0911. The maximum absolute atomic E-state index is 13.1. The summed E-state index contributed by atoms with van der Waals surface area (Å²) in [5, 5.41) is 11.0. The van der Waals surface area contributed by atoms with E-state index in [9.17, 15) is 4.79 Å². The fourth-order valence-corrected chi connectivity index (χ4v) is 5.75. The van der Waals surface area contributed by atoms with Crippen molar-refractivity contribution in [2.24, 2.45) is 5.92 Å². The number of amides is 1. The third-order valence-corrected chi connectivity index (χ3v) is 7.28. The van der Waals surface area contributed by atoms with Crippen molar-refractivity contribution in [1.82, 2.24) is 20.4 Å². The third kappa shape index (κ3) is 3.94. The van der Waals surface area contributed by atoms with Gasteiger partial charge in [-0.05, 0) is 43.6 Å². The minimum atomic E-state index is 0.0911. The topological polar surface area (TPSA) is 70.2 Å². The number of nitrogens with zero attached hydrogens (tertiary/aromatic N) is 2. The lowest BCUT2D eigenvalue weighted by Crippen LogP contribution is -2.52. The Morgan fingerprint density at radius 3 is 3.00 bits per heavy atom. The Labute approximate surface area is 159 Å². The molecule has 0 unspecified atom stereocenters. The van der Waals surface area contributed by atoms with Crippen molar-refractivity contribution in [3.63, 3.8) is 0 Å². The van der Waals surface area contributed by atoms with Crippen molar-refractivity contribution in [2.45, 2.75) is 63.3 Å². The second-order valence-corrected chi connectivity index (χ2v) is 9.05. The van der Waals surface area contributed by atoms with Crippen LogP contribution in [0.4, 0.5) is 0 Å². The Kier molecular flexibility index (Phi) is 5.86. The number of aromatic nitrogens is 2. The molecule has 1 aromatic heterocycles. The van der Waals surface area contributed by atoms with Crippen LogP contribution in [-0.2, 0) is 22.5 Å². The summed E-state index contributed by atoms with van der Waals surface area (Å²) >= 11 is 2.06. The summed E-state index contributed by atoms with van der Waals surface area (Å²) in [6.07, 6.45) is 8.21. The normalized spacial score (nSPS) is 30.2. The van der Waals surface area contributed by atoms with Gasteiger partial charge in [-0.25, -0.2) is 0 Å². The zero-order valence-corrected chi connectivity index (χ0v) is 16.4. The second kappa shape index (κ2) is 8.31. The summed E-state index contributed by atoms with van der Waals surface area (Å²) in [4.78, 5) is 15.1. The molecule has 0 bridgehead atoms. The average molecular weight is 379 g/mol. The van der Waals surface area contributed by atoms with Crippen molar-refractivity contribution < 1.29 is 9.53 Å². The van der Waals surface area contributed by atoms with Gasteiger partial charge in [0.2, 0.25) is 5.91 Å². The van der Waals surface area contributed by atoms with Crippen LogP contribution in [0.3, 0.4) is 0 Å². The van der Waals surface area contributed by atoms with Crippen LogP contribution >= 0.6 is 11.8 Å². The van der Waals surface area contributed by atoms with E-state index in [0.717, 1.165) is 32.2 Å². The van der Waals surface area contributed by atoms with E-state index >= 15 is 0 Å². The molecule has 0 spiro atoms. The maximum Gasteiger partial charge on any atom is 0.226 e. The minimum Gasteiger partial charge on any atom is -0.380 e. The number of hydrogen-bond acceptors (Lipinski definition) is 5. The largest absolute Gasteiger partial charge is 0.380 e. The van der Waals surface area contributed by atoms with Crippen LogP contribution in [0.2, 0.25) is 0 Å². The van der Waals surface area contributed by atoms with E-state index in [1.807, 2.05) is 11.1 Å². The molecule has 3 heterocycles. The number of methoxy groups -OCH3 is 1. The van der Waals surface area contributed by atoms with Gasteiger partial charge in [0.05, 0.1) is 12.3 Å². The molecule has 0 radical (unpaired) electrons. The number of nitrogens with one attached hydrogen (secondary N) is 2. The Morgan fingerprint density at radius 1 is 1.35 bits per heavy atom. The molecule has 1 aliphatic carbocycles. The van der Waals surface area contributed by atoms with Crippen LogP contribution in [0.5, 0.6) is 0 Å². The molecule has 1 saturated heterocycles. The lowest BCUT2D eigenvalue weighted by Gasteiger charge is -2.40. The SMILES string of the molecule is CO[C@@H]1C[C@@H](C(=O)N2CCc3[nH]ncc3C2)CC[C@H]1NC1CCSCC1. The van der Waals surface area contributed by atoms with Crippen molar-refractivity contribution >= 4 is 17.7 Å². The van der Waals surface area contributed by atoms with Crippen LogP contribution in [-0.4, -0.2) is 64.4 Å². The number of aromatic amines is 1. The third-order valence-electron chi connectivity index (χ3n) is 6.23. The highest BCUT2D eigenvalue weighted by Gasteiger charge is 2.37. The number of ether oxygens (including phenoxy) is 1. The number of hydrogen-bond donors (Lipinski definition) is 2. The molecule has 3 atom stereocenters. The van der Waals surface area contributed by atoms with Gasteiger partial charge in [0.25, 0.3) is 0 Å². The maximum atomic E-state index is 13.1. The van der Waals surface area contributed by atoms with Gasteiger partial charge < -0.3 is 15.0 Å². The van der Waals surface area contributed by atoms with Gasteiger partial charge in [-0.15, -0.1) is 0 Å². The fourth-order valence-electron chi connectivity index (χ4n) is 4.64. The molecule has 3 aliphatic rings. The molecule has 0 aromatic carbocycles. The van der Waals surface area contributed by atoms with Crippen molar-refractivity contribution in [2.75, 3.05) is 25.2 Å². The zero-order chi connectivity index (χ0) is 17.9. The zero-order valence-electron chi connectivity index (χ0n) is 15.6. The molecule has 2 aliphatic heterocycles. The molecule has 2 N–H and O–H groups in total. The number of carbonyl (C=O) groups excluding carboxylic acids is 1. The number of rotatable bonds is 4. The van der Waals surface area contributed by atoms with E-state index in [2.05, 4.69) is 27.3 Å². The van der Waals surface area contributed by atoms with Gasteiger partial charge in [0.15, 0.2) is 0 Å². The number of fused-ring (bicyclic) bond motifs is 1. The highest BCUT2D eigenvalue weighted by Crippen LogP contribution is 2.31. The molecule has 26 heavy (non-hydrogen) atoms. The standard InChI is InChI=1S/C19H30N4O2S/c1-25-18-10-13(2-3-17(18)21-15-5-8-26-9-6-15)19(24)23-7-4-16-14(12-23)11-20-22-16/h11,13,15,17-18,21H,2-10,12H2,1H3,(H,20,22)/t13-,17+,18+/m0/s1. The first-order valence-electron chi connectivity index (χ1n) is 9.91. The number of H-pyrrole nitrogens is 1. The van der Waals surface area contributed by atoms with E-state index in [-0.39, 0.29) is 12.0 Å². The lowest BCUT2D eigenvalue weighted by atomic mass is 9.82. The van der Waals surface area contributed by atoms with E-state index < -0.39 is 0 Å². The molecule has 1 saturated carbocycles. The first kappa shape index (κ1) is 18.3. The van der Waals surface area contributed by atoms with Crippen LogP contribution in [0.25, 0.3) is 0 Å². The van der Waals surface area contributed by atoms with E-state index in [4.69, 9.17) is 4.74 Å². The Balaban J connectivity index is 1.33. The quantitative estimate of drug-likeness (QED) is 0.838. The Bertz CT molecular complexity index is 616. The predicted octanol–water partition coefficient (Wildman–Crippen LogP) is 1.96. The second-order valence-electron chi connectivity index (χ2n) is 7.83. The monoisotopic (exact) mass is 378 g/mol. The van der Waals surface area contributed by atoms with Crippen molar-refractivity contribution in [1.29, 1.82) is 0 Å². The molecule has 4 rings (SSSR count).